The minimum absolute atomic E-state index is 0.103. The summed E-state index contributed by atoms with van der Waals surface area (Å²) in [5.41, 5.74) is -0.773. The van der Waals surface area contributed by atoms with Crippen molar-refractivity contribution in [2.24, 2.45) is 5.41 Å². The fourth-order valence-electron chi connectivity index (χ4n) is 2.40. The summed E-state index contributed by atoms with van der Waals surface area (Å²) < 4.78 is 0. The summed E-state index contributed by atoms with van der Waals surface area (Å²) in [6, 6.07) is 9.84. The number of hydrogen-bond donors (Lipinski definition) is 1. The highest BCUT2D eigenvalue weighted by Crippen LogP contribution is 2.37. The van der Waals surface area contributed by atoms with Crippen molar-refractivity contribution in [3.8, 4) is 6.07 Å². The fraction of sp³-hybridized carbons (Fsp3) is 0.467. The summed E-state index contributed by atoms with van der Waals surface area (Å²) in [6.07, 6.45) is 3.33. The van der Waals surface area contributed by atoms with Gasteiger partial charge in [0, 0.05) is 22.2 Å². The van der Waals surface area contributed by atoms with Gasteiger partial charge in [0.2, 0.25) is 5.91 Å². The molecule has 1 amide bonds. The van der Waals surface area contributed by atoms with Gasteiger partial charge in [0.15, 0.2) is 0 Å². The van der Waals surface area contributed by atoms with E-state index in [0.717, 1.165) is 28.5 Å². The summed E-state index contributed by atoms with van der Waals surface area (Å²) in [6.45, 7) is 0.579. The molecule has 106 valence electrons. The Morgan fingerprint density at radius 1 is 1.35 bits per heavy atom. The molecule has 1 N–H and O–H groups in total. The third kappa shape index (κ3) is 3.68. The van der Waals surface area contributed by atoms with Crippen molar-refractivity contribution in [3.63, 3.8) is 0 Å². The van der Waals surface area contributed by atoms with E-state index in [2.05, 4.69) is 11.4 Å². The van der Waals surface area contributed by atoms with Crippen LogP contribution in [0.4, 0.5) is 0 Å². The van der Waals surface area contributed by atoms with Crippen LogP contribution >= 0.6 is 23.4 Å². The first-order valence-electron chi connectivity index (χ1n) is 6.74. The monoisotopic (exact) mass is 308 g/mol. The number of benzene rings is 1. The molecule has 0 radical (unpaired) electrons. The number of rotatable bonds is 5. The van der Waals surface area contributed by atoms with E-state index in [1.165, 1.54) is 0 Å². The number of amides is 1. The Bertz CT molecular complexity index is 504. The fourth-order valence-corrected chi connectivity index (χ4v) is 3.30. The molecular weight excluding hydrogens is 292 g/mol. The van der Waals surface area contributed by atoms with Gasteiger partial charge in [-0.05, 0) is 37.1 Å². The highest BCUT2D eigenvalue weighted by Gasteiger charge is 2.41. The van der Waals surface area contributed by atoms with Crippen LogP contribution in [0.5, 0.6) is 0 Å². The standard InChI is InChI=1S/C15H17ClN2OS/c16-12-3-5-13(6-4-12)20-10-9-18-14(19)15(11-17)7-1-2-8-15/h3-6H,1-2,7-10H2,(H,18,19). The second-order valence-corrected chi connectivity index (χ2v) is 6.56. The smallest absolute Gasteiger partial charge is 0.240 e. The number of thioether (sulfide) groups is 1. The molecule has 1 aromatic carbocycles. The van der Waals surface area contributed by atoms with Gasteiger partial charge < -0.3 is 5.32 Å². The number of halogens is 1. The molecule has 5 heteroatoms. The summed E-state index contributed by atoms with van der Waals surface area (Å²) in [5.74, 6) is 0.684. The van der Waals surface area contributed by atoms with E-state index < -0.39 is 5.41 Å². The van der Waals surface area contributed by atoms with Crippen molar-refractivity contribution >= 4 is 29.3 Å². The molecule has 0 aromatic heterocycles. The lowest BCUT2D eigenvalue weighted by Crippen LogP contribution is -2.39. The number of nitrogens with zero attached hydrogens (tertiary/aromatic N) is 1. The molecule has 20 heavy (non-hydrogen) atoms. The lowest BCUT2D eigenvalue weighted by atomic mass is 9.87. The van der Waals surface area contributed by atoms with Gasteiger partial charge in [0.25, 0.3) is 0 Å². The predicted molar refractivity (Wildman–Crippen MR) is 81.7 cm³/mol. The first-order valence-corrected chi connectivity index (χ1v) is 8.11. The van der Waals surface area contributed by atoms with Gasteiger partial charge in [-0.3, -0.25) is 4.79 Å². The van der Waals surface area contributed by atoms with Gasteiger partial charge in [-0.2, -0.15) is 5.26 Å². The van der Waals surface area contributed by atoms with E-state index in [9.17, 15) is 10.1 Å². The van der Waals surface area contributed by atoms with E-state index >= 15 is 0 Å². The van der Waals surface area contributed by atoms with Crippen molar-refractivity contribution in [2.45, 2.75) is 30.6 Å². The largest absolute Gasteiger partial charge is 0.354 e. The Morgan fingerprint density at radius 3 is 2.60 bits per heavy atom. The molecule has 0 atom stereocenters. The lowest BCUT2D eigenvalue weighted by Gasteiger charge is -2.19. The number of hydrogen-bond acceptors (Lipinski definition) is 3. The molecule has 0 spiro atoms. The highest BCUT2D eigenvalue weighted by atomic mass is 35.5. The lowest BCUT2D eigenvalue weighted by molar-refractivity contribution is -0.127. The third-order valence-electron chi connectivity index (χ3n) is 3.58. The molecule has 1 aromatic rings. The van der Waals surface area contributed by atoms with Crippen LogP contribution in [-0.2, 0) is 4.79 Å². The van der Waals surface area contributed by atoms with Crippen molar-refractivity contribution in [1.82, 2.24) is 5.32 Å². The van der Waals surface area contributed by atoms with E-state index in [0.29, 0.717) is 19.4 Å². The maximum Gasteiger partial charge on any atom is 0.240 e. The first kappa shape index (κ1) is 15.2. The van der Waals surface area contributed by atoms with Crippen LogP contribution in [0.25, 0.3) is 0 Å². The van der Waals surface area contributed by atoms with Gasteiger partial charge in [0.1, 0.15) is 5.41 Å². The SMILES string of the molecule is N#CC1(C(=O)NCCSc2ccc(Cl)cc2)CCCC1. The normalized spacial score (nSPS) is 16.6. The molecule has 0 heterocycles. The van der Waals surface area contributed by atoms with Crippen LogP contribution in [0.2, 0.25) is 5.02 Å². The van der Waals surface area contributed by atoms with Gasteiger partial charge in [-0.15, -0.1) is 11.8 Å². The van der Waals surface area contributed by atoms with E-state index in [-0.39, 0.29) is 5.91 Å². The zero-order valence-corrected chi connectivity index (χ0v) is 12.8. The maximum atomic E-state index is 12.1. The van der Waals surface area contributed by atoms with Crippen molar-refractivity contribution in [1.29, 1.82) is 5.26 Å². The van der Waals surface area contributed by atoms with Crippen LogP contribution in [0.15, 0.2) is 29.2 Å². The molecule has 0 aliphatic heterocycles. The highest BCUT2D eigenvalue weighted by molar-refractivity contribution is 7.99. The maximum absolute atomic E-state index is 12.1. The average molecular weight is 309 g/mol. The van der Waals surface area contributed by atoms with Crippen molar-refractivity contribution < 1.29 is 4.79 Å². The molecule has 0 saturated heterocycles. The van der Waals surface area contributed by atoms with Gasteiger partial charge in [-0.1, -0.05) is 24.4 Å². The van der Waals surface area contributed by atoms with Crippen LogP contribution in [0.3, 0.4) is 0 Å². The van der Waals surface area contributed by atoms with E-state index in [4.69, 9.17) is 11.6 Å². The van der Waals surface area contributed by atoms with E-state index in [1.807, 2.05) is 24.3 Å². The average Bonchev–Trinajstić information content (AvgIpc) is 2.95. The van der Waals surface area contributed by atoms with Crippen LogP contribution in [-0.4, -0.2) is 18.2 Å². The Morgan fingerprint density at radius 2 is 2.00 bits per heavy atom. The zero-order chi connectivity index (χ0) is 14.4. The van der Waals surface area contributed by atoms with Crippen LogP contribution < -0.4 is 5.32 Å². The summed E-state index contributed by atoms with van der Waals surface area (Å²) in [5, 5.41) is 12.8. The van der Waals surface area contributed by atoms with Crippen molar-refractivity contribution in [3.05, 3.63) is 29.3 Å². The molecule has 1 aliphatic rings. The van der Waals surface area contributed by atoms with Crippen LogP contribution in [0, 0.1) is 16.7 Å². The summed E-state index contributed by atoms with van der Waals surface area (Å²) in [7, 11) is 0. The Kier molecular flexibility index (Phi) is 5.33. The second kappa shape index (κ2) is 7.01. The second-order valence-electron chi connectivity index (χ2n) is 4.96. The molecule has 1 aliphatic carbocycles. The third-order valence-corrected chi connectivity index (χ3v) is 4.84. The molecule has 1 saturated carbocycles. The Hall–Kier alpha value is -1.18. The molecule has 2 rings (SSSR count). The number of carbonyl (C=O) groups excluding carboxylic acids is 1. The number of nitrogens with one attached hydrogen (secondary N) is 1. The summed E-state index contributed by atoms with van der Waals surface area (Å²) in [4.78, 5) is 13.2. The van der Waals surface area contributed by atoms with E-state index in [1.54, 1.807) is 11.8 Å². The molecule has 1 fully saturated rings. The number of nitriles is 1. The number of carbonyl (C=O) groups is 1. The minimum Gasteiger partial charge on any atom is -0.354 e. The van der Waals surface area contributed by atoms with Crippen LogP contribution in [0.1, 0.15) is 25.7 Å². The molecule has 0 unspecified atom stereocenters. The van der Waals surface area contributed by atoms with Crippen molar-refractivity contribution in [2.75, 3.05) is 12.3 Å². The first-order chi connectivity index (χ1) is 9.66. The summed E-state index contributed by atoms with van der Waals surface area (Å²) >= 11 is 7.49. The Labute approximate surface area is 128 Å². The van der Waals surface area contributed by atoms with Gasteiger partial charge in [0.05, 0.1) is 6.07 Å². The molecule has 3 nitrogen and oxygen atoms in total. The Balaban J connectivity index is 1.74. The molecular formula is C15H17ClN2OS. The quantitative estimate of drug-likeness (QED) is 0.667. The zero-order valence-electron chi connectivity index (χ0n) is 11.2. The minimum atomic E-state index is -0.773. The van der Waals surface area contributed by atoms with Gasteiger partial charge >= 0.3 is 0 Å². The molecule has 0 bridgehead atoms. The predicted octanol–water partition coefficient (Wildman–Crippen LogP) is 3.63. The van der Waals surface area contributed by atoms with Gasteiger partial charge in [-0.25, -0.2) is 0 Å². The topological polar surface area (TPSA) is 52.9 Å².